The highest BCUT2D eigenvalue weighted by Gasteiger charge is 2.28. The minimum absolute atomic E-state index is 0.124. The Morgan fingerprint density at radius 2 is 2.19 bits per heavy atom. The van der Waals surface area contributed by atoms with Crippen LogP contribution in [0.4, 0.5) is 0 Å². The summed E-state index contributed by atoms with van der Waals surface area (Å²) in [4.78, 5) is 13.4. The van der Waals surface area contributed by atoms with Crippen LogP contribution in [0.15, 0.2) is 24.3 Å². The second-order valence-corrected chi connectivity index (χ2v) is 4.21. The van der Waals surface area contributed by atoms with E-state index in [4.69, 9.17) is 5.73 Å². The van der Waals surface area contributed by atoms with E-state index in [0.29, 0.717) is 26.1 Å². The van der Waals surface area contributed by atoms with E-state index in [1.807, 2.05) is 12.1 Å². The summed E-state index contributed by atoms with van der Waals surface area (Å²) in [5, 5.41) is 9.62. The molecule has 1 atom stereocenters. The Kier molecular flexibility index (Phi) is 3.10. The first-order valence-electron chi connectivity index (χ1n) is 5.45. The number of amides is 1. The molecular weight excluding hydrogens is 204 g/mol. The van der Waals surface area contributed by atoms with E-state index in [1.54, 1.807) is 17.0 Å². The zero-order valence-electron chi connectivity index (χ0n) is 9.10. The Bertz CT molecular complexity index is 392. The van der Waals surface area contributed by atoms with E-state index in [1.165, 1.54) is 0 Å². The molecule has 1 fully saturated rings. The van der Waals surface area contributed by atoms with Crippen LogP contribution in [0, 0.1) is 5.92 Å². The van der Waals surface area contributed by atoms with Crippen LogP contribution in [0.2, 0.25) is 0 Å². The standard InChI is InChI=1S/C12H16N2O2/c13-6-9-5-12(16)14(7-9)8-10-3-1-2-4-11(10)15/h1-4,9,15H,5-8,13H2. The van der Waals surface area contributed by atoms with Gasteiger partial charge in [0.15, 0.2) is 0 Å². The fourth-order valence-electron chi connectivity index (χ4n) is 2.01. The molecule has 0 radical (unpaired) electrons. The molecule has 0 aromatic heterocycles. The molecule has 1 aliphatic heterocycles. The van der Waals surface area contributed by atoms with Gasteiger partial charge in [-0.3, -0.25) is 4.79 Å². The highest BCUT2D eigenvalue weighted by molar-refractivity contribution is 5.78. The molecule has 2 rings (SSSR count). The minimum atomic E-state index is 0.124. The van der Waals surface area contributed by atoms with Gasteiger partial charge in [-0.25, -0.2) is 0 Å². The Morgan fingerprint density at radius 1 is 1.44 bits per heavy atom. The molecule has 0 aliphatic carbocycles. The maximum Gasteiger partial charge on any atom is 0.223 e. The number of nitrogens with zero attached hydrogens (tertiary/aromatic N) is 1. The topological polar surface area (TPSA) is 66.6 Å². The Balaban J connectivity index is 2.06. The summed E-state index contributed by atoms with van der Waals surface area (Å²) >= 11 is 0. The Hall–Kier alpha value is -1.55. The maximum absolute atomic E-state index is 11.6. The van der Waals surface area contributed by atoms with Crippen LogP contribution >= 0.6 is 0 Å². The fraction of sp³-hybridized carbons (Fsp3) is 0.417. The average Bonchev–Trinajstić information content (AvgIpc) is 2.63. The van der Waals surface area contributed by atoms with E-state index in [0.717, 1.165) is 5.56 Å². The van der Waals surface area contributed by atoms with Gasteiger partial charge >= 0.3 is 0 Å². The van der Waals surface area contributed by atoms with Gasteiger partial charge in [0.05, 0.1) is 0 Å². The van der Waals surface area contributed by atoms with E-state index in [-0.39, 0.29) is 17.6 Å². The van der Waals surface area contributed by atoms with Crippen molar-refractivity contribution in [1.82, 2.24) is 4.90 Å². The molecular formula is C12H16N2O2. The number of carbonyl (C=O) groups excluding carboxylic acids is 1. The lowest BCUT2D eigenvalue weighted by atomic mass is 10.1. The summed E-state index contributed by atoms with van der Waals surface area (Å²) in [5.41, 5.74) is 6.34. The van der Waals surface area contributed by atoms with Crippen LogP contribution in [0.3, 0.4) is 0 Å². The van der Waals surface area contributed by atoms with Crippen LogP contribution < -0.4 is 5.73 Å². The number of likely N-dealkylation sites (tertiary alicyclic amines) is 1. The smallest absolute Gasteiger partial charge is 0.223 e. The number of phenols is 1. The van der Waals surface area contributed by atoms with Crippen LogP contribution in [-0.2, 0) is 11.3 Å². The Labute approximate surface area is 94.7 Å². The molecule has 1 heterocycles. The number of benzene rings is 1. The van der Waals surface area contributed by atoms with Gasteiger partial charge in [-0.15, -0.1) is 0 Å². The third-order valence-electron chi connectivity index (χ3n) is 2.98. The third kappa shape index (κ3) is 2.17. The van der Waals surface area contributed by atoms with Crippen molar-refractivity contribution in [1.29, 1.82) is 0 Å². The van der Waals surface area contributed by atoms with Crippen molar-refractivity contribution in [3.63, 3.8) is 0 Å². The van der Waals surface area contributed by atoms with Gasteiger partial charge in [0.2, 0.25) is 5.91 Å². The van der Waals surface area contributed by atoms with Gasteiger partial charge in [-0.2, -0.15) is 0 Å². The molecule has 4 heteroatoms. The molecule has 1 aromatic carbocycles. The molecule has 86 valence electrons. The average molecular weight is 220 g/mol. The molecule has 1 aromatic rings. The van der Waals surface area contributed by atoms with Crippen LogP contribution in [0.25, 0.3) is 0 Å². The van der Waals surface area contributed by atoms with Gasteiger partial charge < -0.3 is 15.7 Å². The molecule has 1 amide bonds. The SMILES string of the molecule is NCC1CC(=O)N(Cc2ccccc2O)C1. The largest absolute Gasteiger partial charge is 0.508 e. The molecule has 1 aliphatic rings. The first-order chi connectivity index (χ1) is 7.70. The van der Waals surface area contributed by atoms with Crippen molar-refractivity contribution >= 4 is 5.91 Å². The lowest BCUT2D eigenvalue weighted by Gasteiger charge is -2.17. The fourth-order valence-corrected chi connectivity index (χ4v) is 2.01. The second-order valence-electron chi connectivity index (χ2n) is 4.21. The van der Waals surface area contributed by atoms with E-state index in [2.05, 4.69) is 0 Å². The van der Waals surface area contributed by atoms with Crippen molar-refractivity contribution in [3.8, 4) is 5.75 Å². The summed E-state index contributed by atoms with van der Waals surface area (Å²) in [6.45, 7) is 1.72. The number of rotatable bonds is 3. The lowest BCUT2D eigenvalue weighted by Crippen LogP contribution is -2.25. The summed E-state index contributed by atoms with van der Waals surface area (Å²) in [6, 6.07) is 7.10. The molecule has 0 bridgehead atoms. The predicted molar refractivity (Wildman–Crippen MR) is 60.7 cm³/mol. The van der Waals surface area contributed by atoms with Crippen molar-refractivity contribution in [3.05, 3.63) is 29.8 Å². The number of carbonyl (C=O) groups is 1. The molecule has 16 heavy (non-hydrogen) atoms. The zero-order valence-corrected chi connectivity index (χ0v) is 9.10. The Morgan fingerprint density at radius 3 is 2.81 bits per heavy atom. The summed E-state index contributed by atoms with van der Waals surface area (Å²) in [7, 11) is 0. The van der Waals surface area contributed by atoms with Crippen LogP contribution in [0.1, 0.15) is 12.0 Å². The first-order valence-corrected chi connectivity index (χ1v) is 5.45. The molecule has 4 nitrogen and oxygen atoms in total. The van der Waals surface area contributed by atoms with Crippen molar-refractivity contribution in [2.75, 3.05) is 13.1 Å². The van der Waals surface area contributed by atoms with Crippen molar-refractivity contribution in [2.24, 2.45) is 11.7 Å². The number of nitrogens with two attached hydrogens (primary N) is 1. The van der Waals surface area contributed by atoms with Gasteiger partial charge in [-0.1, -0.05) is 18.2 Å². The molecule has 0 spiro atoms. The number of hydrogen-bond donors (Lipinski definition) is 2. The molecule has 1 unspecified atom stereocenters. The summed E-state index contributed by atoms with van der Waals surface area (Å²) in [6.07, 6.45) is 0.532. The van der Waals surface area contributed by atoms with Crippen LogP contribution in [0.5, 0.6) is 5.75 Å². The number of aromatic hydroxyl groups is 1. The van der Waals surface area contributed by atoms with E-state index in [9.17, 15) is 9.90 Å². The quantitative estimate of drug-likeness (QED) is 0.788. The zero-order chi connectivity index (χ0) is 11.5. The highest BCUT2D eigenvalue weighted by Crippen LogP contribution is 2.23. The van der Waals surface area contributed by atoms with Gasteiger partial charge in [-0.05, 0) is 18.5 Å². The van der Waals surface area contributed by atoms with Crippen LogP contribution in [-0.4, -0.2) is 29.0 Å². The predicted octanol–water partition coefficient (Wildman–Crippen LogP) is 0.699. The van der Waals surface area contributed by atoms with Gasteiger partial charge in [0, 0.05) is 25.1 Å². The van der Waals surface area contributed by atoms with Gasteiger partial charge in [0.25, 0.3) is 0 Å². The minimum Gasteiger partial charge on any atom is -0.508 e. The number of hydrogen-bond acceptors (Lipinski definition) is 3. The van der Waals surface area contributed by atoms with Crippen molar-refractivity contribution < 1.29 is 9.90 Å². The van der Waals surface area contributed by atoms with Gasteiger partial charge in [0.1, 0.15) is 5.75 Å². The number of phenolic OH excluding ortho intramolecular Hbond substituents is 1. The monoisotopic (exact) mass is 220 g/mol. The normalized spacial score (nSPS) is 20.4. The molecule has 1 saturated heterocycles. The van der Waals surface area contributed by atoms with Crippen molar-refractivity contribution in [2.45, 2.75) is 13.0 Å². The molecule has 0 saturated carbocycles. The lowest BCUT2D eigenvalue weighted by molar-refractivity contribution is -0.128. The molecule has 3 N–H and O–H groups in total. The van der Waals surface area contributed by atoms with E-state index >= 15 is 0 Å². The first kappa shape index (κ1) is 11.0. The number of para-hydroxylation sites is 1. The maximum atomic E-state index is 11.6. The highest BCUT2D eigenvalue weighted by atomic mass is 16.3. The summed E-state index contributed by atoms with van der Waals surface area (Å²) < 4.78 is 0. The van der Waals surface area contributed by atoms with E-state index < -0.39 is 0 Å². The summed E-state index contributed by atoms with van der Waals surface area (Å²) in [5.74, 6) is 0.628. The third-order valence-corrected chi connectivity index (χ3v) is 2.98. The second kappa shape index (κ2) is 4.53.